The molecule has 1 rings (SSSR count). The molecule has 1 aliphatic carbocycles. The van der Waals surface area contributed by atoms with Crippen LogP contribution in [-0.2, 0) is 4.79 Å². The smallest absolute Gasteiger partial charge is 0.227 e. The van der Waals surface area contributed by atoms with Gasteiger partial charge in [0.1, 0.15) is 0 Å². The number of hydrogen-bond acceptors (Lipinski definition) is 2. The SMILES string of the molecule is C#CCN(C)C(=O)C1CCCC1N. The summed E-state index contributed by atoms with van der Waals surface area (Å²) in [6.45, 7) is 0.377. The number of nitrogens with zero attached hydrogens (tertiary/aromatic N) is 1. The monoisotopic (exact) mass is 180 g/mol. The van der Waals surface area contributed by atoms with Gasteiger partial charge in [-0.1, -0.05) is 12.3 Å². The van der Waals surface area contributed by atoms with E-state index in [-0.39, 0.29) is 17.9 Å². The zero-order valence-corrected chi connectivity index (χ0v) is 7.99. The average molecular weight is 180 g/mol. The Morgan fingerprint density at radius 1 is 1.69 bits per heavy atom. The molecule has 1 fully saturated rings. The molecule has 72 valence electrons. The van der Waals surface area contributed by atoms with E-state index in [4.69, 9.17) is 12.2 Å². The molecular weight excluding hydrogens is 164 g/mol. The Hall–Kier alpha value is -1.01. The third-order valence-corrected chi connectivity index (χ3v) is 2.59. The summed E-state index contributed by atoms with van der Waals surface area (Å²) in [4.78, 5) is 13.3. The van der Waals surface area contributed by atoms with Crippen LogP contribution >= 0.6 is 0 Å². The normalized spacial score (nSPS) is 26.8. The third-order valence-electron chi connectivity index (χ3n) is 2.59. The molecule has 3 nitrogen and oxygen atoms in total. The molecule has 0 aromatic heterocycles. The Morgan fingerprint density at radius 2 is 2.38 bits per heavy atom. The molecule has 3 heteroatoms. The predicted octanol–water partition coefficient (Wildman–Crippen LogP) is 0.205. The molecule has 0 aromatic carbocycles. The summed E-state index contributed by atoms with van der Waals surface area (Å²) in [6.07, 6.45) is 8.05. The predicted molar refractivity (Wildman–Crippen MR) is 51.8 cm³/mol. The second-order valence-corrected chi connectivity index (χ2v) is 3.60. The van der Waals surface area contributed by atoms with Gasteiger partial charge in [-0.2, -0.15) is 0 Å². The minimum atomic E-state index is -0.00153. The van der Waals surface area contributed by atoms with Crippen LogP contribution in [0.3, 0.4) is 0 Å². The average Bonchev–Trinajstić information content (AvgIpc) is 2.50. The van der Waals surface area contributed by atoms with Crippen LogP contribution in [0.2, 0.25) is 0 Å². The largest absolute Gasteiger partial charge is 0.334 e. The van der Waals surface area contributed by atoms with Gasteiger partial charge in [-0.05, 0) is 12.8 Å². The summed E-state index contributed by atoms with van der Waals surface area (Å²) >= 11 is 0. The van der Waals surface area contributed by atoms with E-state index in [1.165, 1.54) is 0 Å². The summed E-state index contributed by atoms with van der Waals surface area (Å²) in [6, 6.07) is 0.0349. The number of amides is 1. The van der Waals surface area contributed by atoms with Gasteiger partial charge in [0.2, 0.25) is 5.91 Å². The van der Waals surface area contributed by atoms with E-state index in [1.54, 1.807) is 11.9 Å². The van der Waals surface area contributed by atoms with Crippen LogP contribution in [0.1, 0.15) is 19.3 Å². The van der Waals surface area contributed by atoms with Crippen LogP contribution in [0, 0.1) is 18.3 Å². The Morgan fingerprint density at radius 3 is 2.85 bits per heavy atom. The fourth-order valence-electron chi connectivity index (χ4n) is 1.79. The van der Waals surface area contributed by atoms with Crippen molar-refractivity contribution in [3.8, 4) is 12.3 Å². The third kappa shape index (κ3) is 2.22. The first-order valence-corrected chi connectivity index (χ1v) is 4.61. The fraction of sp³-hybridized carbons (Fsp3) is 0.700. The van der Waals surface area contributed by atoms with Crippen molar-refractivity contribution in [1.29, 1.82) is 0 Å². The van der Waals surface area contributed by atoms with E-state index in [1.807, 2.05) is 0 Å². The van der Waals surface area contributed by atoms with Crippen LogP contribution in [0.25, 0.3) is 0 Å². The van der Waals surface area contributed by atoms with E-state index in [2.05, 4.69) is 5.92 Å². The highest BCUT2D eigenvalue weighted by Crippen LogP contribution is 2.25. The topological polar surface area (TPSA) is 46.3 Å². The van der Waals surface area contributed by atoms with Crippen molar-refractivity contribution >= 4 is 5.91 Å². The zero-order chi connectivity index (χ0) is 9.84. The minimum absolute atomic E-state index is 0.00153. The van der Waals surface area contributed by atoms with Crippen molar-refractivity contribution in [2.45, 2.75) is 25.3 Å². The molecular formula is C10H16N2O. The number of nitrogens with two attached hydrogens (primary N) is 1. The van der Waals surface area contributed by atoms with Gasteiger partial charge >= 0.3 is 0 Å². The molecule has 1 amide bonds. The summed E-state index contributed by atoms with van der Waals surface area (Å²) in [5.41, 5.74) is 5.81. The molecule has 0 aromatic rings. The number of carbonyl (C=O) groups is 1. The molecule has 13 heavy (non-hydrogen) atoms. The van der Waals surface area contributed by atoms with Crippen LogP contribution in [0.5, 0.6) is 0 Å². The van der Waals surface area contributed by atoms with Crippen LogP contribution in [0.15, 0.2) is 0 Å². The Kier molecular flexibility index (Phi) is 3.32. The lowest BCUT2D eigenvalue weighted by Crippen LogP contribution is -2.39. The van der Waals surface area contributed by atoms with Gasteiger partial charge in [0.05, 0.1) is 12.5 Å². The van der Waals surface area contributed by atoms with E-state index >= 15 is 0 Å². The summed E-state index contributed by atoms with van der Waals surface area (Å²) in [5.74, 6) is 2.55. The number of carbonyl (C=O) groups excluding carboxylic acids is 1. The van der Waals surface area contributed by atoms with E-state index in [0.29, 0.717) is 6.54 Å². The highest BCUT2D eigenvalue weighted by molar-refractivity contribution is 5.79. The first-order chi connectivity index (χ1) is 6.16. The van der Waals surface area contributed by atoms with Gasteiger partial charge in [-0.3, -0.25) is 4.79 Å². The van der Waals surface area contributed by atoms with Crippen LogP contribution < -0.4 is 5.73 Å². The number of hydrogen-bond donors (Lipinski definition) is 1. The van der Waals surface area contributed by atoms with Crippen LogP contribution in [-0.4, -0.2) is 30.4 Å². The molecule has 0 saturated heterocycles. The van der Waals surface area contributed by atoms with Crippen molar-refractivity contribution in [3.05, 3.63) is 0 Å². The molecule has 2 N–H and O–H groups in total. The quantitative estimate of drug-likeness (QED) is 0.617. The van der Waals surface area contributed by atoms with Gasteiger partial charge in [-0.15, -0.1) is 6.42 Å². The molecule has 1 aliphatic rings. The Balaban J connectivity index is 2.52. The lowest BCUT2D eigenvalue weighted by atomic mass is 10.0. The van der Waals surface area contributed by atoms with Crippen LogP contribution in [0.4, 0.5) is 0 Å². The second-order valence-electron chi connectivity index (χ2n) is 3.60. The maximum absolute atomic E-state index is 11.7. The molecule has 2 atom stereocenters. The second kappa shape index (κ2) is 4.29. The van der Waals surface area contributed by atoms with E-state index in [0.717, 1.165) is 19.3 Å². The van der Waals surface area contributed by atoms with Crippen molar-refractivity contribution in [3.63, 3.8) is 0 Å². The van der Waals surface area contributed by atoms with Gasteiger partial charge in [-0.25, -0.2) is 0 Å². The zero-order valence-electron chi connectivity index (χ0n) is 7.99. The lowest BCUT2D eigenvalue weighted by molar-refractivity contribution is -0.133. The van der Waals surface area contributed by atoms with E-state index < -0.39 is 0 Å². The molecule has 0 heterocycles. The Bertz CT molecular complexity index is 232. The summed E-state index contributed by atoms with van der Waals surface area (Å²) < 4.78 is 0. The van der Waals surface area contributed by atoms with Gasteiger partial charge in [0.25, 0.3) is 0 Å². The van der Waals surface area contributed by atoms with Crippen molar-refractivity contribution in [2.24, 2.45) is 11.7 Å². The maximum atomic E-state index is 11.7. The van der Waals surface area contributed by atoms with Crippen molar-refractivity contribution < 1.29 is 4.79 Å². The number of terminal acetylenes is 1. The standard InChI is InChI=1S/C10H16N2O/c1-3-7-12(2)10(13)8-5-4-6-9(8)11/h1,8-9H,4-7,11H2,2H3. The van der Waals surface area contributed by atoms with Gasteiger partial charge in [0, 0.05) is 13.1 Å². The van der Waals surface area contributed by atoms with E-state index in [9.17, 15) is 4.79 Å². The Labute approximate surface area is 79.3 Å². The summed E-state index contributed by atoms with van der Waals surface area (Å²) in [5, 5.41) is 0. The van der Waals surface area contributed by atoms with Crippen molar-refractivity contribution in [1.82, 2.24) is 4.90 Å². The first kappa shape index (κ1) is 10.1. The lowest BCUT2D eigenvalue weighted by Gasteiger charge is -2.21. The van der Waals surface area contributed by atoms with Gasteiger partial charge in [0.15, 0.2) is 0 Å². The molecule has 0 spiro atoms. The number of rotatable bonds is 2. The molecule has 2 unspecified atom stereocenters. The molecule has 1 saturated carbocycles. The molecule has 0 aliphatic heterocycles. The molecule has 0 radical (unpaired) electrons. The highest BCUT2D eigenvalue weighted by atomic mass is 16.2. The van der Waals surface area contributed by atoms with Gasteiger partial charge < -0.3 is 10.6 Å². The maximum Gasteiger partial charge on any atom is 0.227 e. The fourth-order valence-corrected chi connectivity index (χ4v) is 1.79. The first-order valence-electron chi connectivity index (χ1n) is 4.61. The highest BCUT2D eigenvalue weighted by Gasteiger charge is 2.31. The summed E-state index contributed by atoms with van der Waals surface area (Å²) in [7, 11) is 1.73. The van der Waals surface area contributed by atoms with Crippen molar-refractivity contribution in [2.75, 3.05) is 13.6 Å². The minimum Gasteiger partial charge on any atom is -0.334 e. The molecule has 0 bridgehead atoms.